The summed E-state index contributed by atoms with van der Waals surface area (Å²) in [7, 11) is 0. The van der Waals surface area contributed by atoms with Gasteiger partial charge in [0.1, 0.15) is 24.0 Å². The first-order chi connectivity index (χ1) is 10.1. The number of ether oxygens (including phenoxy) is 1. The first-order valence-corrected chi connectivity index (χ1v) is 6.34. The molecule has 5 heteroatoms. The van der Waals surface area contributed by atoms with Gasteiger partial charge in [-0.1, -0.05) is 6.07 Å². The molecule has 0 fully saturated rings. The van der Waals surface area contributed by atoms with E-state index < -0.39 is 11.6 Å². The molecule has 3 rings (SSSR count). The van der Waals surface area contributed by atoms with Gasteiger partial charge in [0.05, 0.1) is 5.52 Å². The molecule has 0 atom stereocenters. The highest BCUT2D eigenvalue weighted by Crippen LogP contribution is 2.24. The molecular weight excluding hydrogens is 274 g/mol. The number of halogens is 2. The molecule has 0 aliphatic rings. The molecule has 1 aromatic heterocycles. The topological polar surface area (TPSA) is 48.1 Å². The predicted octanol–water partition coefficient (Wildman–Crippen LogP) is 3.67. The van der Waals surface area contributed by atoms with Crippen molar-refractivity contribution in [1.82, 2.24) is 4.98 Å². The molecular formula is C16H12F2N2O. The third kappa shape index (κ3) is 2.76. The van der Waals surface area contributed by atoms with Gasteiger partial charge < -0.3 is 10.5 Å². The summed E-state index contributed by atoms with van der Waals surface area (Å²) in [6.45, 7) is 0.149. The Labute approximate surface area is 120 Å². The maximum Gasteiger partial charge on any atom is 0.129 e. The molecule has 0 saturated carbocycles. The lowest BCUT2D eigenvalue weighted by molar-refractivity contribution is 0.304. The predicted molar refractivity (Wildman–Crippen MR) is 76.8 cm³/mol. The highest BCUT2D eigenvalue weighted by molar-refractivity contribution is 5.92. The molecule has 0 aliphatic heterocycles. The number of rotatable bonds is 3. The average Bonchev–Trinajstić information content (AvgIpc) is 2.46. The van der Waals surface area contributed by atoms with Gasteiger partial charge >= 0.3 is 0 Å². The zero-order valence-corrected chi connectivity index (χ0v) is 11.0. The van der Waals surface area contributed by atoms with Crippen LogP contribution >= 0.6 is 0 Å². The van der Waals surface area contributed by atoms with Crippen molar-refractivity contribution < 1.29 is 13.5 Å². The van der Waals surface area contributed by atoms with Gasteiger partial charge in [-0.2, -0.15) is 0 Å². The molecule has 2 aromatic carbocycles. The van der Waals surface area contributed by atoms with Crippen molar-refractivity contribution >= 4 is 16.6 Å². The SMILES string of the molecule is Nc1ccc(COc2cc(F)cc(F)c2)c2ncccc12. The number of nitrogen functional groups attached to an aromatic ring is 1. The van der Waals surface area contributed by atoms with Crippen LogP contribution in [-0.2, 0) is 6.61 Å². The fraction of sp³-hybridized carbons (Fsp3) is 0.0625. The Kier molecular flexibility index (Phi) is 3.39. The van der Waals surface area contributed by atoms with E-state index in [9.17, 15) is 8.78 Å². The van der Waals surface area contributed by atoms with Crippen LogP contribution in [0.15, 0.2) is 48.7 Å². The van der Waals surface area contributed by atoms with E-state index in [1.165, 1.54) is 0 Å². The van der Waals surface area contributed by atoms with E-state index in [0.29, 0.717) is 5.69 Å². The van der Waals surface area contributed by atoms with Gasteiger partial charge in [-0.3, -0.25) is 4.98 Å². The Morgan fingerprint density at radius 1 is 1.05 bits per heavy atom. The van der Waals surface area contributed by atoms with Crippen LogP contribution in [0.3, 0.4) is 0 Å². The largest absolute Gasteiger partial charge is 0.489 e. The molecule has 0 spiro atoms. The first-order valence-electron chi connectivity index (χ1n) is 6.34. The van der Waals surface area contributed by atoms with E-state index in [1.54, 1.807) is 24.4 Å². The van der Waals surface area contributed by atoms with Crippen molar-refractivity contribution in [3.05, 3.63) is 65.9 Å². The average molecular weight is 286 g/mol. The van der Waals surface area contributed by atoms with E-state index in [-0.39, 0.29) is 12.4 Å². The lowest BCUT2D eigenvalue weighted by Gasteiger charge is -2.10. The molecule has 1 heterocycles. The monoisotopic (exact) mass is 286 g/mol. The molecule has 2 N–H and O–H groups in total. The quantitative estimate of drug-likeness (QED) is 0.747. The fourth-order valence-electron chi connectivity index (χ4n) is 2.14. The van der Waals surface area contributed by atoms with Gasteiger partial charge in [0.2, 0.25) is 0 Å². The van der Waals surface area contributed by atoms with Crippen molar-refractivity contribution in [3.63, 3.8) is 0 Å². The van der Waals surface area contributed by atoms with Crippen LogP contribution in [-0.4, -0.2) is 4.98 Å². The van der Waals surface area contributed by atoms with Crippen LogP contribution in [0.5, 0.6) is 5.75 Å². The number of nitrogens with two attached hydrogens (primary N) is 1. The maximum absolute atomic E-state index is 13.1. The van der Waals surface area contributed by atoms with E-state index in [0.717, 1.165) is 34.7 Å². The smallest absolute Gasteiger partial charge is 0.129 e. The summed E-state index contributed by atoms with van der Waals surface area (Å²) in [6.07, 6.45) is 1.66. The second kappa shape index (κ2) is 5.36. The highest BCUT2D eigenvalue weighted by Gasteiger charge is 2.07. The van der Waals surface area contributed by atoms with Gasteiger partial charge in [-0.05, 0) is 18.2 Å². The van der Waals surface area contributed by atoms with Gasteiger partial charge in [0.15, 0.2) is 0 Å². The number of benzene rings is 2. The second-order valence-corrected chi connectivity index (χ2v) is 4.61. The van der Waals surface area contributed by atoms with Gasteiger partial charge in [-0.15, -0.1) is 0 Å². The Balaban J connectivity index is 1.90. The number of fused-ring (bicyclic) bond motifs is 1. The molecule has 0 unspecified atom stereocenters. The minimum atomic E-state index is -0.676. The minimum absolute atomic E-state index is 0.133. The molecule has 3 aromatic rings. The van der Waals surface area contributed by atoms with Crippen LogP contribution in [0.1, 0.15) is 5.56 Å². The minimum Gasteiger partial charge on any atom is -0.489 e. The summed E-state index contributed by atoms with van der Waals surface area (Å²) in [5, 5.41) is 0.823. The van der Waals surface area contributed by atoms with Crippen molar-refractivity contribution in [2.45, 2.75) is 6.61 Å². The van der Waals surface area contributed by atoms with E-state index >= 15 is 0 Å². The summed E-state index contributed by atoms with van der Waals surface area (Å²) >= 11 is 0. The normalized spacial score (nSPS) is 10.8. The van der Waals surface area contributed by atoms with Gasteiger partial charge in [0, 0.05) is 41.0 Å². The molecule has 106 valence electrons. The molecule has 0 radical (unpaired) electrons. The fourth-order valence-corrected chi connectivity index (χ4v) is 2.14. The van der Waals surface area contributed by atoms with Crippen LogP contribution < -0.4 is 10.5 Å². The third-order valence-electron chi connectivity index (χ3n) is 3.12. The highest BCUT2D eigenvalue weighted by atomic mass is 19.1. The molecule has 0 bridgehead atoms. The standard InChI is InChI=1S/C16H12F2N2O/c17-11-6-12(18)8-13(7-11)21-9-10-3-4-15(19)14-2-1-5-20-16(10)14/h1-8H,9,19H2. The molecule has 0 aliphatic carbocycles. The number of hydrogen-bond donors (Lipinski definition) is 1. The van der Waals surface area contributed by atoms with E-state index in [4.69, 9.17) is 10.5 Å². The summed E-state index contributed by atoms with van der Waals surface area (Å²) in [5.74, 6) is -1.22. The van der Waals surface area contributed by atoms with Crippen molar-refractivity contribution in [3.8, 4) is 5.75 Å². The number of nitrogens with zero attached hydrogens (tertiary/aromatic N) is 1. The van der Waals surface area contributed by atoms with Crippen LogP contribution in [0, 0.1) is 11.6 Å². The lowest BCUT2D eigenvalue weighted by Crippen LogP contribution is -2.00. The number of hydrogen-bond acceptors (Lipinski definition) is 3. The Morgan fingerprint density at radius 3 is 2.57 bits per heavy atom. The Morgan fingerprint density at radius 2 is 1.81 bits per heavy atom. The van der Waals surface area contributed by atoms with Crippen molar-refractivity contribution in [2.75, 3.05) is 5.73 Å². The number of pyridine rings is 1. The molecule has 0 saturated heterocycles. The Bertz CT molecular complexity index is 785. The Hall–Kier alpha value is -2.69. The van der Waals surface area contributed by atoms with E-state index in [2.05, 4.69) is 4.98 Å². The number of aromatic nitrogens is 1. The molecule has 0 amide bonds. The van der Waals surface area contributed by atoms with Crippen molar-refractivity contribution in [1.29, 1.82) is 0 Å². The third-order valence-corrected chi connectivity index (χ3v) is 3.12. The van der Waals surface area contributed by atoms with Crippen LogP contribution in [0.25, 0.3) is 10.9 Å². The summed E-state index contributed by atoms with van der Waals surface area (Å²) in [4.78, 5) is 4.28. The van der Waals surface area contributed by atoms with Crippen molar-refractivity contribution in [2.24, 2.45) is 0 Å². The lowest BCUT2D eigenvalue weighted by atomic mass is 10.1. The van der Waals surface area contributed by atoms with Crippen LogP contribution in [0.2, 0.25) is 0 Å². The zero-order chi connectivity index (χ0) is 14.8. The number of anilines is 1. The summed E-state index contributed by atoms with van der Waals surface area (Å²) < 4.78 is 31.7. The van der Waals surface area contributed by atoms with Crippen LogP contribution in [0.4, 0.5) is 14.5 Å². The van der Waals surface area contributed by atoms with Gasteiger partial charge in [0.25, 0.3) is 0 Å². The molecule has 3 nitrogen and oxygen atoms in total. The summed E-state index contributed by atoms with van der Waals surface area (Å²) in [6, 6.07) is 10.3. The zero-order valence-electron chi connectivity index (χ0n) is 11.0. The second-order valence-electron chi connectivity index (χ2n) is 4.61. The maximum atomic E-state index is 13.1. The van der Waals surface area contributed by atoms with E-state index in [1.807, 2.05) is 6.07 Å². The first kappa shape index (κ1) is 13.3. The van der Waals surface area contributed by atoms with Gasteiger partial charge in [-0.25, -0.2) is 8.78 Å². The molecule has 21 heavy (non-hydrogen) atoms. The summed E-state index contributed by atoms with van der Waals surface area (Å²) in [5.41, 5.74) is 8.03.